The van der Waals surface area contributed by atoms with Crippen LogP contribution in [0.1, 0.15) is 12.8 Å². The summed E-state index contributed by atoms with van der Waals surface area (Å²) < 4.78 is 0. The average Bonchev–Trinajstić information content (AvgIpc) is 1.89. The van der Waals surface area contributed by atoms with Gasteiger partial charge in [0, 0.05) is 13.0 Å². The molecule has 0 unspecified atom stereocenters. The van der Waals surface area contributed by atoms with Gasteiger partial charge in [0.1, 0.15) is 0 Å². The van der Waals surface area contributed by atoms with Crippen molar-refractivity contribution in [2.24, 2.45) is 0 Å². The van der Waals surface area contributed by atoms with Gasteiger partial charge in [0.25, 0.3) is 0 Å². The van der Waals surface area contributed by atoms with Gasteiger partial charge in [-0.1, -0.05) is 6.08 Å². The zero-order chi connectivity index (χ0) is 6.95. The Labute approximate surface area is 57.2 Å². The van der Waals surface area contributed by atoms with Crippen molar-refractivity contribution >= 4 is 0 Å². The van der Waals surface area contributed by atoms with Gasteiger partial charge in [0.15, 0.2) is 0 Å². The highest BCUT2D eigenvalue weighted by Crippen LogP contribution is 1.75. The summed E-state index contributed by atoms with van der Waals surface area (Å²) in [6.45, 7) is 5.51. The predicted molar refractivity (Wildman–Crippen MR) is 41.1 cm³/mol. The Morgan fingerprint density at radius 2 is 2.33 bits per heavy atom. The molecule has 0 aliphatic rings. The largest absolute Gasteiger partial charge is 0.315 e. The van der Waals surface area contributed by atoms with Gasteiger partial charge in [-0.15, -0.1) is 18.9 Å². The molecule has 0 aromatic rings. The summed E-state index contributed by atoms with van der Waals surface area (Å²) in [5.74, 6) is 2.56. The molecule has 0 radical (unpaired) electrons. The lowest BCUT2D eigenvalue weighted by atomic mass is 10.4. The third-order valence-corrected chi connectivity index (χ3v) is 0.971. The molecule has 0 amide bonds. The van der Waals surface area contributed by atoms with Gasteiger partial charge < -0.3 is 5.32 Å². The summed E-state index contributed by atoms with van der Waals surface area (Å²) in [5.41, 5.74) is 0. The normalized spacial score (nSPS) is 8.33. The van der Waals surface area contributed by atoms with E-state index in [0.717, 1.165) is 25.9 Å². The highest BCUT2D eigenvalue weighted by Gasteiger charge is 1.80. The van der Waals surface area contributed by atoms with E-state index in [1.54, 1.807) is 0 Å². The molecule has 0 spiro atoms. The minimum atomic E-state index is 0.817. The molecule has 0 heterocycles. The van der Waals surface area contributed by atoms with Crippen molar-refractivity contribution < 1.29 is 0 Å². The maximum atomic E-state index is 5.03. The molecule has 9 heavy (non-hydrogen) atoms. The number of hydrogen-bond donors (Lipinski definition) is 1. The van der Waals surface area contributed by atoms with Gasteiger partial charge in [0.05, 0.1) is 0 Å². The van der Waals surface area contributed by atoms with Crippen LogP contribution in [0, 0.1) is 12.3 Å². The van der Waals surface area contributed by atoms with E-state index in [9.17, 15) is 0 Å². The van der Waals surface area contributed by atoms with Crippen LogP contribution in [-0.4, -0.2) is 13.1 Å². The second-order valence-electron chi connectivity index (χ2n) is 1.78. The van der Waals surface area contributed by atoms with E-state index in [0.29, 0.717) is 0 Å². The van der Waals surface area contributed by atoms with Crippen molar-refractivity contribution in [1.82, 2.24) is 5.32 Å². The first-order valence-electron chi connectivity index (χ1n) is 3.17. The smallest absolute Gasteiger partial charge is 0.0211 e. The molecule has 1 heteroatoms. The number of hydrogen-bond acceptors (Lipinski definition) is 1. The lowest BCUT2D eigenvalue weighted by Crippen LogP contribution is -2.15. The molecule has 0 saturated carbocycles. The van der Waals surface area contributed by atoms with Crippen molar-refractivity contribution in [2.75, 3.05) is 13.1 Å². The van der Waals surface area contributed by atoms with Gasteiger partial charge in [0.2, 0.25) is 0 Å². The van der Waals surface area contributed by atoms with Crippen LogP contribution in [0.25, 0.3) is 0 Å². The number of nitrogens with one attached hydrogen (secondary N) is 1. The minimum Gasteiger partial charge on any atom is -0.315 e. The highest BCUT2D eigenvalue weighted by molar-refractivity contribution is 4.84. The van der Waals surface area contributed by atoms with E-state index in [4.69, 9.17) is 6.42 Å². The lowest BCUT2D eigenvalue weighted by molar-refractivity contribution is 0.703. The van der Waals surface area contributed by atoms with E-state index in [-0.39, 0.29) is 0 Å². The Bertz CT molecular complexity index is 99.6. The van der Waals surface area contributed by atoms with Crippen molar-refractivity contribution in [3.8, 4) is 12.3 Å². The second-order valence-corrected chi connectivity index (χ2v) is 1.78. The fourth-order valence-corrected chi connectivity index (χ4v) is 0.490. The Hall–Kier alpha value is -0.740. The number of terminal acetylenes is 1. The first-order valence-corrected chi connectivity index (χ1v) is 3.17. The van der Waals surface area contributed by atoms with Crippen molar-refractivity contribution in [3.63, 3.8) is 0 Å². The second kappa shape index (κ2) is 7.26. The maximum absolute atomic E-state index is 5.03. The Kier molecular flexibility index (Phi) is 6.66. The molecule has 0 aromatic heterocycles. The molecule has 50 valence electrons. The molecule has 1 nitrogen and oxygen atoms in total. The quantitative estimate of drug-likeness (QED) is 0.329. The lowest BCUT2D eigenvalue weighted by Gasteiger charge is -1.96. The molecule has 0 bridgehead atoms. The summed E-state index contributed by atoms with van der Waals surface area (Å²) in [4.78, 5) is 0. The topological polar surface area (TPSA) is 12.0 Å². The summed E-state index contributed by atoms with van der Waals surface area (Å²) in [7, 11) is 0. The summed E-state index contributed by atoms with van der Waals surface area (Å²) >= 11 is 0. The van der Waals surface area contributed by atoms with Gasteiger partial charge in [-0.25, -0.2) is 0 Å². The Morgan fingerprint density at radius 1 is 1.56 bits per heavy atom. The van der Waals surface area contributed by atoms with Gasteiger partial charge >= 0.3 is 0 Å². The van der Waals surface area contributed by atoms with E-state index in [1.165, 1.54) is 0 Å². The zero-order valence-electron chi connectivity index (χ0n) is 5.69. The van der Waals surface area contributed by atoms with Crippen LogP contribution in [-0.2, 0) is 0 Å². The van der Waals surface area contributed by atoms with E-state index >= 15 is 0 Å². The molecular weight excluding hydrogens is 110 g/mol. The molecule has 0 atom stereocenters. The first-order chi connectivity index (χ1) is 4.41. The zero-order valence-corrected chi connectivity index (χ0v) is 5.69. The van der Waals surface area contributed by atoms with Crippen molar-refractivity contribution in [2.45, 2.75) is 12.8 Å². The fraction of sp³-hybridized carbons (Fsp3) is 0.500. The van der Waals surface area contributed by atoms with Crippen LogP contribution in [0.3, 0.4) is 0 Å². The van der Waals surface area contributed by atoms with E-state index in [1.807, 2.05) is 6.08 Å². The maximum Gasteiger partial charge on any atom is 0.0211 e. The monoisotopic (exact) mass is 123 g/mol. The third-order valence-electron chi connectivity index (χ3n) is 0.971. The standard InChI is InChI=1S/C8H13N/c1-3-5-7-9-8-6-4-2/h1,4,9H,2,5-8H2. The Balaban J connectivity index is 2.76. The van der Waals surface area contributed by atoms with Gasteiger partial charge in [-0.05, 0) is 13.0 Å². The summed E-state index contributed by atoms with van der Waals surface area (Å²) in [6.07, 6.45) is 8.76. The SMILES string of the molecule is C#CCCNCCC=C. The van der Waals surface area contributed by atoms with Crippen LogP contribution in [0.5, 0.6) is 0 Å². The number of rotatable bonds is 5. The molecular formula is C8H13N. The fourth-order valence-electron chi connectivity index (χ4n) is 0.490. The Morgan fingerprint density at radius 3 is 2.89 bits per heavy atom. The highest BCUT2D eigenvalue weighted by atomic mass is 14.8. The third kappa shape index (κ3) is 7.26. The average molecular weight is 123 g/mol. The molecule has 0 aliphatic carbocycles. The van der Waals surface area contributed by atoms with E-state index < -0.39 is 0 Å². The first kappa shape index (κ1) is 8.26. The predicted octanol–water partition coefficient (Wildman–Crippen LogP) is 1.18. The van der Waals surface area contributed by atoms with Gasteiger partial charge in [-0.3, -0.25) is 0 Å². The summed E-state index contributed by atoms with van der Waals surface area (Å²) in [5, 5.41) is 3.17. The van der Waals surface area contributed by atoms with Crippen LogP contribution in [0.4, 0.5) is 0 Å². The van der Waals surface area contributed by atoms with Crippen LogP contribution in [0.15, 0.2) is 12.7 Å². The molecule has 0 aromatic carbocycles. The molecule has 0 aliphatic heterocycles. The molecule has 0 fully saturated rings. The van der Waals surface area contributed by atoms with Crippen LogP contribution >= 0.6 is 0 Å². The molecule has 0 saturated heterocycles. The molecule has 0 rings (SSSR count). The van der Waals surface area contributed by atoms with E-state index in [2.05, 4.69) is 17.8 Å². The van der Waals surface area contributed by atoms with Gasteiger partial charge in [-0.2, -0.15) is 0 Å². The van der Waals surface area contributed by atoms with Crippen LogP contribution in [0.2, 0.25) is 0 Å². The molecule has 1 N–H and O–H groups in total. The van der Waals surface area contributed by atoms with Crippen molar-refractivity contribution in [3.05, 3.63) is 12.7 Å². The summed E-state index contributed by atoms with van der Waals surface area (Å²) in [6, 6.07) is 0. The minimum absolute atomic E-state index is 0.817. The van der Waals surface area contributed by atoms with Crippen molar-refractivity contribution in [1.29, 1.82) is 0 Å². The van der Waals surface area contributed by atoms with Crippen LogP contribution < -0.4 is 5.32 Å².